The molecule has 1 amide bonds. The molecule has 0 bridgehead atoms. The van der Waals surface area contributed by atoms with Crippen LogP contribution >= 0.6 is 0 Å². The Bertz CT molecular complexity index is 291. The number of morpholine rings is 1. The summed E-state index contributed by atoms with van der Waals surface area (Å²) in [6, 6.07) is 0. The molecule has 0 N–H and O–H groups in total. The number of carbonyl (C=O) groups is 1. The van der Waals surface area contributed by atoms with E-state index < -0.39 is 0 Å². The minimum atomic E-state index is -0.185. The van der Waals surface area contributed by atoms with E-state index >= 15 is 0 Å². The average Bonchev–Trinajstić information content (AvgIpc) is 2.32. The van der Waals surface area contributed by atoms with Crippen LogP contribution in [0.3, 0.4) is 0 Å². The highest BCUT2D eigenvalue weighted by atomic mass is 16.5. The van der Waals surface area contributed by atoms with E-state index in [2.05, 4.69) is 11.5 Å². The van der Waals surface area contributed by atoms with Gasteiger partial charge in [-0.2, -0.15) is 0 Å². The van der Waals surface area contributed by atoms with Gasteiger partial charge in [0.05, 0.1) is 25.4 Å². The summed E-state index contributed by atoms with van der Waals surface area (Å²) in [5, 5.41) is 0. The molecule has 0 aromatic rings. The van der Waals surface area contributed by atoms with Crippen LogP contribution in [0, 0.1) is 0 Å². The minimum absolute atomic E-state index is 0.0851. The number of ether oxygens (including phenoxy) is 2. The summed E-state index contributed by atoms with van der Waals surface area (Å²) in [6.45, 7) is 7.34. The van der Waals surface area contributed by atoms with Gasteiger partial charge < -0.3 is 14.4 Å². The van der Waals surface area contributed by atoms with Gasteiger partial charge in [0.1, 0.15) is 6.73 Å². The fraction of sp³-hybridized carbons (Fsp3) is 0.727. The Balaban J connectivity index is 2.09. The fourth-order valence-corrected chi connectivity index (χ4v) is 2.19. The third-order valence-electron chi connectivity index (χ3n) is 3.34. The highest BCUT2D eigenvalue weighted by Crippen LogP contribution is 2.24. The van der Waals surface area contributed by atoms with Crippen molar-refractivity contribution in [3.05, 3.63) is 12.7 Å². The van der Waals surface area contributed by atoms with Gasteiger partial charge in [-0.05, 0) is 13.1 Å². The third kappa shape index (κ3) is 1.98. The van der Waals surface area contributed by atoms with E-state index in [1.54, 1.807) is 4.90 Å². The molecule has 2 heterocycles. The van der Waals surface area contributed by atoms with Crippen LogP contribution in [0.25, 0.3) is 0 Å². The SMILES string of the molecule is C=CC(=O)N1COCC2(COCCN2C)C1. The molecule has 16 heavy (non-hydrogen) atoms. The number of likely N-dealkylation sites (N-methyl/N-ethyl adjacent to an activating group) is 1. The molecule has 1 spiro atoms. The molecule has 0 aromatic carbocycles. The van der Waals surface area contributed by atoms with Gasteiger partial charge in [-0.25, -0.2) is 0 Å². The van der Waals surface area contributed by atoms with Gasteiger partial charge >= 0.3 is 0 Å². The molecular formula is C11H18N2O3. The van der Waals surface area contributed by atoms with E-state index in [-0.39, 0.29) is 11.4 Å². The monoisotopic (exact) mass is 226 g/mol. The summed E-state index contributed by atoms with van der Waals surface area (Å²) in [5.41, 5.74) is -0.185. The van der Waals surface area contributed by atoms with Crippen molar-refractivity contribution in [3.63, 3.8) is 0 Å². The van der Waals surface area contributed by atoms with Crippen LogP contribution in [0.5, 0.6) is 0 Å². The van der Waals surface area contributed by atoms with Crippen molar-refractivity contribution in [2.24, 2.45) is 0 Å². The smallest absolute Gasteiger partial charge is 0.247 e. The molecule has 0 radical (unpaired) electrons. The lowest BCUT2D eigenvalue weighted by molar-refractivity contribution is -0.168. The zero-order chi connectivity index (χ0) is 11.6. The van der Waals surface area contributed by atoms with Gasteiger partial charge in [-0.3, -0.25) is 9.69 Å². The number of amides is 1. The Kier molecular flexibility index (Phi) is 3.28. The van der Waals surface area contributed by atoms with Crippen molar-refractivity contribution in [3.8, 4) is 0 Å². The Morgan fingerprint density at radius 2 is 2.19 bits per heavy atom. The number of rotatable bonds is 1. The van der Waals surface area contributed by atoms with Crippen LogP contribution in [0.15, 0.2) is 12.7 Å². The average molecular weight is 226 g/mol. The summed E-state index contributed by atoms with van der Waals surface area (Å²) < 4.78 is 11.0. The molecule has 1 unspecified atom stereocenters. The highest BCUT2D eigenvalue weighted by molar-refractivity contribution is 5.87. The zero-order valence-electron chi connectivity index (χ0n) is 9.65. The minimum Gasteiger partial charge on any atom is -0.378 e. The molecule has 1 atom stereocenters. The maximum Gasteiger partial charge on any atom is 0.247 e. The van der Waals surface area contributed by atoms with Crippen molar-refractivity contribution >= 4 is 5.91 Å². The van der Waals surface area contributed by atoms with Crippen LogP contribution in [-0.2, 0) is 14.3 Å². The maximum absolute atomic E-state index is 11.6. The topological polar surface area (TPSA) is 42.0 Å². The van der Waals surface area contributed by atoms with Crippen LogP contribution in [-0.4, -0.2) is 67.9 Å². The summed E-state index contributed by atoms with van der Waals surface area (Å²) in [7, 11) is 2.05. The lowest BCUT2D eigenvalue weighted by atomic mass is 9.96. The quantitative estimate of drug-likeness (QED) is 0.575. The second-order valence-corrected chi connectivity index (χ2v) is 4.42. The molecule has 5 nitrogen and oxygen atoms in total. The molecule has 5 heteroatoms. The number of carbonyl (C=O) groups excluding carboxylic acids is 1. The Morgan fingerprint density at radius 3 is 2.88 bits per heavy atom. The summed E-state index contributed by atoms with van der Waals surface area (Å²) in [5.74, 6) is -0.0851. The molecule has 2 aliphatic heterocycles. The Morgan fingerprint density at radius 1 is 1.44 bits per heavy atom. The zero-order valence-corrected chi connectivity index (χ0v) is 9.65. The lowest BCUT2D eigenvalue weighted by Gasteiger charge is -2.49. The largest absolute Gasteiger partial charge is 0.378 e. The summed E-state index contributed by atoms with van der Waals surface area (Å²) >= 11 is 0. The normalized spacial score (nSPS) is 31.7. The second-order valence-electron chi connectivity index (χ2n) is 4.42. The Hall–Kier alpha value is -0.910. The Labute approximate surface area is 95.6 Å². The molecular weight excluding hydrogens is 208 g/mol. The van der Waals surface area contributed by atoms with Gasteiger partial charge in [0, 0.05) is 13.1 Å². The molecule has 2 aliphatic rings. The fourth-order valence-electron chi connectivity index (χ4n) is 2.19. The van der Waals surface area contributed by atoms with Crippen LogP contribution in [0.4, 0.5) is 0 Å². The molecule has 2 saturated heterocycles. The number of hydrogen-bond acceptors (Lipinski definition) is 4. The standard InChI is InChI=1S/C11H18N2O3/c1-3-10(14)13-6-11(8-16-9-13)7-15-5-4-12(11)2/h3H,1,4-9H2,2H3. The first-order valence-electron chi connectivity index (χ1n) is 5.46. The van der Waals surface area contributed by atoms with Gasteiger partial charge in [0.2, 0.25) is 5.91 Å². The first-order chi connectivity index (χ1) is 7.68. The van der Waals surface area contributed by atoms with Crippen molar-refractivity contribution in [2.45, 2.75) is 5.54 Å². The van der Waals surface area contributed by atoms with Crippen molar-refractivity contribution in [1.82, 2.24) is 9.80 Å². The second kappa shape index (κ2) is 4.53. The first-order valence-corrected chi connectivity index (χ1v) is 5.46. The van der Waals surface area contributed by atoms with Gasteiger partial charge in [-0.1, -0.05) is 6.58 Å². The number of hydrogen-bond donors (Lipinski definition) is 0. The molecule has 2 fully saturated rings. The first kappa shape index (κ1) is 11.6. The van der Waals surface area contributed by atoms with E-state index in [0.717, 1.165) is 13.2 Å². The summed E-state index contributed by atoms with van der Waals surface area (Å²) in [6.07, 6.45) is 1.33. The van der Waals surface area contributed by atoms with Crippen molar-refractivity contribution in [2.75, 3.05) is 46.7 Å². The predicted octanol–water partition coefficient (Wildman–Crippen LogP) is -0.310. The van der Waals surface area contributed by atoms with E-state index in [9.17, 15) is 4.79 Å². The van der Waals surface area contributed by atoms with Crippen LogP contribution < -0.4 is 0 Å². The van der Waals surface area contributed by atoms with Crippen LogP contribution in [0.1, 0.15) is 0 Å². The van der Waals surface area contributed by atoms with Gasteiger partial charge in [0.15, 0.2) is 0 Å². The van der Waals surface area contributed by atoms with Crippen LogP contribution in [0.2, 0.25) is 0 Å². The van der Waals surface area contributed by atoms with E-state index in [4.69, 9.17) is 9.47 Å². The maximum atomic E-state index is 11.6. The molecule has 90 valence electrons. The predicted molar refractivity (Wildman–Crippen MR) is 58.9 cm³/mol. The molecule has 0 saturated carbocycles. The highest BCUT2D eigenvalue weighted by Gasteiger charge is 2.43. The van der Waals surface area contributed by atoms with Crippen molar-refractivity contribution in [1.29, 1.82) is 0 Å². The number of nitrogens with zero attached hydrogens (tertiary/aromatic N) is 2. The molecule has 0 aliphatic carbocycles. The molecule has 2 rings (SSSR count). The van der Waals surface area contributed by atoms with E-state index in [1.807, 2.05) is 7.05 Å². The van der Waals surface area contributed by atoms with Crippen molar-refractivity contribution < 1.29 is 14.3 Å². The van der Waals surface area contributed by atoms with E-state index in [1.165, 1.54) is 6.08 Å². The molecule has 0 aromatic heterocycles. The summed E-state index contributed by atoms with van der Waals surface area (Å²) in [4.78, 5) is 15.5. The van der Waals surface area contributed by atoms with E-state index in [0.29, 0.717) is 26.5 Å². The third-order valence-corrected chi connectivity index (χ3v) is 3.34. The van der Waals surface area contributed by atoms with Gasteiger partial charge in [-0.15, -0.1) is 0 Å². The lowest BCUT2D eigenvalue weighted by Crippen LogP contribution is -2.66. The van der Waals surface area contributed by atoms with Gasteiger partial charge in [0.25, 0.3) is 0 Å².